The number of rotatable bonds is 5. The number of hydrogen-bond donors (Lipinski definition) is 1. The molecule has 3 atom stereocenters. The first kappa shape index (κ1) is 15.1. The van der Waals surface area contributed by atoms with Crippen molar-refractivity contribution in [2.45, 2.75) is 31.8 Å². The summed E-state index contributed by atoms with van der Waals surface area (Å²) in [5.41, 5.74) is 0. The fraction of sp³-hybridized carbons (Fsp3) is 1.00. The summed E-state index contributed by atoms with van der Waals surface area (Å²) < 4.78 is 20.5. The Morgan fingerprint density at radius 1 is 1.22 bits per heavy atom. The van der Waals surface area contributed by atoms with Crippen molar-refractivity contribution < 1.29 is 9.09 Å². The molecule has 2 rings (SSSR count). The highest BCUT2D eigenvalue weighted by atomic mass is 35.5. The van der Waals surface area contributed by atoms with Crippen molar-refractivity contribution in [1.29, 1.82) is 0 Å². The summed E-state index contributed by atoms with van der Waals surface area (Å²) >= 11 is 11.5. The van der Waals surface area contributed by atoms with E-state index in [-0.39, 0.29) is 6.10 Å². The van der Waals surface area contributed by atoms with Crippen LogP contribution in [0.25, 0.3) is 0 Å². The van der Waals surface area contributed by atoms with Crippen molar-refractivity contribution in [2.75, 3.05) is 31.4 Å². The van der Waals surface area contributed by atoms with E-state index in [0.717, 1.165) is 13.0 Å². The molecule has 0 aromatic heterocycles. The molecular formula is C11H21Cl2N2O2P. The van der Waals surface area contributed by atoms with E-state index >= 15 is 0 Å². The normalized spacial score (nSPS) is 36.6. The number of nitrogens with one attached hydrogen (secondary N) is 1. The van der Waals surface area contributed by atoms with Crippen LogP contribution in [0.3, 0.4) is 0 Å². The number of halogens is 2. The van der Waals surface area contributed by atoms with Crippen LogP contribution in [-0.4, -0.2) is 42.2 Å². The van der Waals surface area contributed by atoms with E-state index < -0.39 is 7.67 Å². The Hall–Kier alpha value is 0.690. The molecule has 2 fully saturated rings. The summed E-state index contributed by atoms with van der Waals surface area (Å²) in [6.07, 6.45) is 4.75. The largest absolute Gasteiger partial charge is 0.343 e. The molecule has 1 saturated carbocycles. The molecule has 7 heteroatoms. The molecule has 1 saturated heterocycles. The van der Waals surface area contributed by atoms with Crippen molar-refractivity contribution in [1.82, 2.24) is 9.76 Å². The van der Waals surface area contributed by atoms with E-state index in [0.29, 0.717) is 30.8 Å². The lowest BCUT2D eigenvalue weighted by Crippen LogP contribution is -2.45. The monoisotopic (exact) mass is 314 g/mol. The van der Waals surface area contributed by atoms with Gasteiger partial charge in [0.1, 0.15) is 0 Å². The molecule has 2 aliphatic rings. The van der Waals surface area contributed by atoms with Gasteiger partial charge in [0.25, 0.3) is 0 Å². The summed E-state index contributed by atoms with van der Waals surface area (Å²) in [5.74, 6) is 1.37. The maximum Gasteiger partial charge on any atom is 0.343 e. The highest BCUT2D eigenvalue weighted by Gasteiger charge is 2.42. The van der Waals surface area contributed by atoms with E-state index in [1.54, 1.807) is 4.67 Å². The van der Waals surface area contributed by atoms with E-state index in [9.17, 15) is 4.57 Å². The van der Waals surface area contributed by atoms with Gasteiger partial charge < -0.3 is 4.52 Å². The summed E-state index contributed by atoms with van der Waals surface area (Å²) in [5, 5.41) is 3.11. The molecule has 0 spiro atoms. The fourth-order valence-corrected chi connectivity index (χ4v) is 5.62. The first-order valence-electron chi connectivity index (χ1n) is 6.60. The van der Waals surface area contributed by atoms with Crippen LogP contribution in [0, 0.1) is 5.92 Å². The Bertz CT molecular complexity index is 313. The Kier molecular flexibility index (Phi) is 5.80. The number of hydrogen-bond acceptors (Lipinski definition) is 2. The number of nitrogens with zero attached hydrogens (tertiary/aromatic N) is 1. The first-order valence-corrected chi connectivity index (χ1v) is 9.25. The van der Waals surface area contributed by atoms with Gasteiger partial charge in [-0.15, -0.1) is 23.2 Å². The first-order chi connectivity index (χ1) is 8.69. The van der Waals surface area contributed by atoms with Gasteiger partial charge in [-0.2, -0.15) is 0 Å². The van der Waals surface area contributed by atoms with Crippen LogP contribution in [0.2, 0.25) is 0 Å². The summed E-state index contributed by atoms with van der Waals surface area (Å²) in [4.78, 5) is 0. The Morgan fingerprint density at radius 3 is 2.56 bits per heavy atom. The molecule has 0 aromatic carbocycles. The minimum Gasteiger partial charge on any atom is -0.302 e. The van der Waals surface area contributed by atoms with Gasteiger partial charge in [0.15, 0.2) is 0 Å². The fourth-order valence-electron chi connectivity index (χ4n) is 2.74. The molecule has 18 heavy (non-hydrogen) atoms. The van der Waals surface area contributed by atoms with Crippen LogP contribution in [0.4, 0.5) is 0 Å². The van der Waals surface area contributed by atoms with Crippen molar-refractivity contribution in [3.8, 4) is 0 Å². The number of fused-ring (bicyclic) bond motifs is 1. The lowest BCUT2D eigenvalue weighted by molar-refractivity contribution is 0.0625. The van der Waals surface area contributed by atoms with Gasteiger partial charge in [-0.25, -0.2) is 9.76 Å². The van der Waals surface area contributed by atoms with Crippen LogP contribution >= 0.6 is 30.9 Å². The highest BCUT2D eigenvalue weighted by molar-refractivity contribution is 7.54. The van der Waals surface area contributed by atoms with E-state index in [1.807, 2.05) is 0 Å². The zero-order chi connectivity index (χ0) is 13.0. The summed E-state index contributed by atoms with van der Waals surface area (Å²) in [6.45, 7) is 1.86. The minimum absolute atomic E-state index is 0.138. The molecule has 0 radical (unpaired) electrons. The lowest BCUT2D eigenvalue weighted by atomic mass is 9.87. The van der Waals surface area contributed by atoms with Crippen LogP contribution in [-0.2, 0) is 9.09 Å². The molecule has 0 bridgehead atoms. The topological polar surface area (TPSA) is 41.6 Å². The van der Waals surface area contributed by atoms with Crippen LogP contribution in [0.1, 0.15) is 25.7 Å². The minimum atomic E-state index is -2.93. The molecule has 106 valence electrons. The highest BCUT2D eigenvalue weighted by Crippen LogP contribution is 2.53. The molecule has 0 amide bonds. The maximum absolute atomic E-state index is 12.8. The second-order valence-corrected chi connectivity index (χ2v) is 7.79. The quantitative estimate of drug-likeness (QED) is 0.625. The van der Waals surface area contributed by atoms with E-state index in [4.69, 9.17) is 27.7 Å². The third kappa shape index (κ3) is 3.41. The van der Waals surface area contributed by atoms with Gasteiger partial charge in [-0.05, 0) is 18.8 Å². The molecule has 4 nitrogen and oxygen atoms in total. The average molecular weight is 315 g/mol. The van der Waals surface area contributed by atoms with Crippen molar-refractivity contribution in [2.24, 2.45) is 5.92 Å². The zero-order valence-electron chi connectivity index (χ0n) is 10.5. The smallest absolute Gasteiger partial charge is 0.302 e. The van der Waals surface area contributed by atoms with Crippen LogP contribution in [0.15, 0.2) is 0 Å². The van der Waals surface area contributed by atoms with Crippen molar-refractivity contribution in [3.63, 3.8) is 0 Å². The van der Waals surface area contributed by atoms with Gasteiger partial charge in [0, 0.05) is 31.4 Å². The molecule has 1 heterocycles. The maximum atomic E-state index is 12.8. The van der Waals surface area contributed by atoms with Gasteiger partial charge in [0.05, 0.1) is 6.10 Å². The van der Waals surface area contributed by atoms with E-state index in [1.165, 1.54) is 19.3 Å². The second kappa shape index (κ2) is 6.92. The van der Waals surface area contributed by atoms with Gasteiger partial charge in [0.2, 0.25) is 0 Å². The molecule has 1 N–H and O–H groups in total. The molecule has 1 aliphatic heterocycles. The molecule has 0 unspecified atom stereocenters. The lowest BCUT2D eigenvalue weighted by Gasteiger charge is -2.42. The third-order valence-electron chi connectivity index (χ3n) is 3.73. The second-order valence-electron chi connectivity index (χ2n) is 4.90. The average Bonchev–Trinajstić information content (AvgIpc) is 2.38. The molecule has 1 aliphatic carbocycles. The Labute approximate surface area is 119 Å². The Balaban J connectivity index is 2.03. The Morgan fingerprint density at radius 2 is 1.89 bits per heavy atom. The van der Waals surface area contributed by atoms with Gasteiger partial charge >= 0.3 is 7.67 Å². The summed E-state index contributed by atoms with van der Waals surface area (Å²) in [7, 11) is -2.93. The third-order valence-corrected chi connectivity index (χ3v) is 6.35. The van der Waals surface area contributed by atoms with Gasteiger partial charge in [-0.3, -0.25) is 4.57 Å². The van der Waals surface area contributed by atoms with Gasteiger partial charge in [-0.1, -0.05) is 12.8 Å². The standard InChI is InChI=1S/C11H21Cl2N2O2P/c12-5-7-15(8-6-13)18(16)14-9-10-3-1-2-4-11(10)17-18/h10-11H,1-9H2,(H,14,16)/t10-,11-,18-/m0/s1. The SMILES string of the molecule is O=[P@@]1(N(CCCl)CCCl)NC[C@@H]2CCCC[C@@H]2O1. The van der Waals surface area contributed by atoms with Crippen LogP contribution < -0.4 is 5.09 Å². The van der Waals surface area contributed by atoms with Crippen LogP contribution in [0.5, 0.6) is 0 Å². The molecular weight excluding hydrogens is 294 g/mol. The number of alkyl halides is 2. The summed E-state index contributed by atoms with van der Waals surface area (Å²) in [6, 6.07) is 0. The van der Waals surface area contributed by atoms with Crippen molar-refractivity contribution >= 4 is 30.9 Å². The molecule has 0 aromatic rings. The predicted molar refractivity (Wildman–Crippen MR) is 75.5 cm³/mol. The van der Waals surface area contributed by atoms with Crippen molar-refractivity contribution in [3.05, 3.63) is 0 Å². The predicted octanol–water partition coefficient (Wildman–Crippen LogP) is 3.05. The van der Waals surface area contributed by atoms with E-state index in [2.05, 4.69) is 5.09 Å². The zero-order valence-corrected chi connectivity index (χ0v) is 12.9.